The monoisotopic (exact) mass is 431 g/mol. The quantitative estimate of drug-likeness (QED) is 0.711. The fourth-order valence-electron chi connectivity index (χ4n) is 2.74. The van der Waals surface area contributed by atoms with Gasteiger partial charge < -0.3 is 4.90 Å². The Morgan fingerprint density at radius 2 is 2.25 bits per heavy atom. The lowest BCUT2D eigenvalue weighted by atomic mass is 10.2. The van der Waals surface area contributed by atoms with E-state index in [9.17, 15) is 17.6 Å². The van der Waals surface area contributed by atoms with Crippen LogP contribution in [0.3, 0.4) is 0 Å². The maximum Gasteiger partial charge on any atom is 0.262 e. The standard InChI is InChI=1S/C14H11BrFN3O3S2/c15-8-1-2-10(9(16)5-8)19-11-6-24(21,22)7-12(11)23-14(19)18-13(20)3-4-17/h1-2,5,11-12H,3,6-7H2/t11-,12+/m1/s1. The van der Waals surface area contributed by atoms with E-state index >= 15 is 0 Å². The fraction of sp³-hybridized carbons (Fsp3) is 0.357. The second-order valence-electron chi connectivity index (χ2n) is 5.39. The van der Waals surface area contributed by atoms with Crippen molar-refractivity contribution in [3.8, 4) is 6.07 Å². The maximum absolute atomic E-state index is 14.4. The zero-order valence-corrected chi connectivity index (χ0v) is 15.4. The van der Waals surface area contributed by atoms with Crippen LogP contribution in [0.25, 0.3) is 0 Å². The summed E-state index contributed by atoms with van der Waals surface area (Å²) in [5.41, 5.74) is 0.166. The molecule has 2 aliphatic rings. The molecular formula is C14H11BrFN3O3S2. The van der Waals surface area contributed by atoms with Gasteiger partial charge in [0.1, 0.15) is 12.2 Å². The number of halogens is 2. The van der Waals surface area contributed by atoms with Crippen LogP contribution in [0.5, 0.6) is 0 Å². The molecule has 0 N–H and O–H groups in total. The van der Waals surface area contributed by atoms with Crippen LogP contribution in [0.1, 0.15) is 6.42 Å². The van der Waals surface area contributed by atoms with E-state index in [1.165, 1.54) is 17.0 Å². The Hall–Kier alpha value is -1.44. The number of nitrogens with zero attached hydrogens (tertiary/aromatic N) is 3. The van der Waals surface area contributed by atoms with Gasteiger partial charge in [-0.05, 0) is 18.2 Å². The van der Waals surface area contributed by atoms with E-state index in [2.05, 4.69) is 20.9 Å². The molecule has 6 nitrogen and oxygen atoms in total. The van der Waals surface area contributed by atoms with Gasteiger partial charge in [0.05, 0.1) is 29.3 Å². The third kappa shape index (κ3) is 3.34. The van der Waals surface area contributed by atoms with Crippen molar-refractivity contribution in [2.24, 2.45) is 4.99 Å². The van der Waals surface area contributed by atoms with Crippen LogP contribution >= 0.6 is 27.7 Å². The van der Waals surface area contributed by atoms with Gasteiger partial charge >= 0.3 is 0 Å². The highest BCUT2D eigenvalue weighted by Gasteiger charge is 2.49. The van der Waals surface area contributed by atoms with Gasteiger partial charge in [0.25, 0.3) is 5.91 Å². The zero-order chi connectivity index (χ0) is 17.5. The second-order valence-corrected chi connectivity index (χ2v) is 9.67. The first kappa shape index (κ1) is 17.4. The lowest BCUT2D eigenvalue weighted by Gasteiger charge is -2.25. The SMILES string of the molecule is N#CCC(=O)N=C1S[C@H]2CS(=O)(=O)C[C@H]2N1c1ccc(Br)cc1F. The molecule has 10 heteroatoms. The topological polar surface area (TPSA) is 90.6 Å². The molecule has 3 rings (SSSR count). The highest BCUT2D eigenvalue weighted by molar-refractivity contribution is 9.10. The van der Waals surface area contributed by atoms with Gasteiger partial charge in [-0.3, -0.25) is 4.79 Å². The van der Waals surface area contributed by atoms with E-state index in [-0.39, 0.29) is 34.0 Å². The predicted octanol–water partition coefficient (Wildman–Crippen LogP) is 2.10. The summed E-state index contributed by atoms with van der Waals surface area (Å²) in [7, 11) is -3.22. The normalized spacial score (nSPS) is 26.4. The Morgan fingerprint density at radius 1 is 1.50 bits per heavy atom. The van der Waals surface area contributed by atoms with Crippen molar-refractivity contribution in [1.29, 1.82) is 5.26 Å². The minimum Gasteiger partial charge on any atom is -0.313 e. The summed E-state index contributed by atoms with van der Waals surface area (Å²) in [5, 5.41) is 8.52. The van der Waals surface area contributed by atoms with Crippen LogP contribution in [-0.2, 0) is 14.6 Å². The summed E-state index contributed by atoms with van der Waals surface area (Å²) in [4.78, 5) is 17.0. The number of nitriles is 1. The zero-order valence-electron chi connectivity index (χ0n) is 12.1. The molecule has 0 unspecified atom stereocenters. The summed E-state index contributed by atoms with van der Waals surface area (Å²) >= 11 is 4.32. The molecule has 0 saturated carbocycles. The summed E-state index contributed by atoms with van der Waals surface area (Å²) in [6.45, 7) is 0. The number of anilines is 1. The van der Waals surface area contributed by atoms with Gasteiger partial charge in [0, 0.05) is 9.72 Å². The molecule has 24 heavy (non-hydrogen) atoms. The summed E-state index contributed by atoms with van der Waals surface area (Å²) in [6, 6.07) is 5.65. The number of amidine groups is 1. The van der Waals surface area contributed by atoms with E-state index in [0.717, 1.165) is 11.8 Å². The largest absolute Gasteiger partial charge is 0.313 e. The van der Waals surface area contributed by atoms with E-state index in [1.54, 1.807) is 12.1 Å². The van der Waals surface area contributed by atoms with Gasteiger partial charge in [0.15, 0.2) is 15.0 Å². The highest BCUT2D eigenvalue weighted by Crippen LogP contribution is 2.42. The van der Waals surface area contributed by atoms with Crippen LogP contribution < -0.4 is 4.90 Å². The molecule has 2 atom stereocenters. The molecule has 2 fully saturated rings. The molecule has 1 aromatic rings. The Balaban J connectivity index is 2.05. The van der Waals surface area contributed by atoms with Gasteiger partial charge in [-0.2, -0.15) is 10.3 Å². The second kappa shape index (κ2) is 6.46. The van der Waals surface area contributed by atoms with Crippen LogP contribution in [0.2, 0.25) is 0 Å². The summed E-state index contributed by atoms with van der Waals surface area (Å²) in [6.07, 6.45) is -0.381. The molecule has 2 saturated heterocycles. The number of thioether (sulfide) groups is 1. The van der Waals surface area contributed by atoms with Gasteiger partial charge in [-0.25, -0.2) is 12.8 Å². The Bertz CT molecular complexity index is 882. The van der Waals surface area contributed by atoms with Crippen molar-refractivity contribution in [2.45, 2.75) is 17.7 Å². The van der Waals surface area contributed by atoms with Crippen molar-refractivity contribution in [1.82, 2.24) is 0 Å². The molecule has 0 radical (unpaired) electrons. The van der Waals surface area contributed by atoms with Crippen LogP contribution in [-0.4, -0.2) is 42.3 Å². The van der Waals surface area contributed by atoms with Crippen molar-refractivity contribution < 1.29 is 17.6 Å². The van der Waals surface area contributed by atoms with Gasteiger partial charge in [-0.15, -0.1) is 0 Å². The molecule has 1 amide bonds. The highest BCUT2D eigenvalue weighted by atomic mass is 79.9. The number of fused-ring (bicyclic) bond motifs is 1. The first-order valence-corrected chi connectivity index (χ1v) is 10.4. The Morgan fingerprint density at radius 3 is 2.92 bits per heavy atom. The van der Waals surface area contributed by atoms with Crippen molar-refractivity contribution >= 4 is 54.3 Å². The number of sulfone groups is 1. The number of amides is 1. The van der Waals surface area contributed by atoms with Crippen molar-refractivity contribution in [2.75, 3.05) is 16.4 Å². The van der Waals surface area contributed by atoms with Crippen LogP contribution in [0, 0.1) is 17.1 Å². The third-order valence-corrected chi connectivity index (χ3v) is 7.39. The average molecular weight is 432 g/mol. The number of carbonyl (C=O) groups is 1. The van der Waals surface area contributed by atoms with Crippen molar-refractivity contribution in [3.63, 3.8) is 0 Å². The number of rotatable bonds is 2. The van der Waals surface area contributed by atoms with Crippen LogP contribution in [0.15, 0.2) is 27.7 Å². The minimum atomic E-state index is -3.22. The first-order chi connectivity index (χ1) is 11.3. The number of aliphatic imine (C=N–C) groups is 1. The third-order valence-electron chi connectivity index (χ3n) is 3.69. The lowest BCUT2D eigenvalue weighted by molar-refractivity contribution is -0.116. The summed E-state index contributed by atoms with van der Waals surface area (Å²) in [5.74, 6) is -1.34. The van der Waals surface area contributed by atoms with Crippen molar-refractivity contribution in [3.05, 3.63) is 28.5 Å². The smallest absolute Gasteiger partial charge is 0.262 e. The molecule has 126 valence electrons. The predicted molar refractivity (Wildman–Crippen MR) is 93.1 cm³/mol. The summed E-state index contributed by atoms with van der Waals surface area (Å²) < 4.78 is 38.7. The molecule has 2 heterocycles. The Labute approximate surface area is 150 Å². The molecule has 1 aromatic carbocycles. The number of carbonyl (C=O) groups excluding carboxylic acids is 1. The van der Waals surface area contributed by atoms with E-state index in [0.29, 0.717) is 4.47 Å². The van der Waals surface area contributed by atoms with Crippen LogP contribution in [0.4, 0.5) is 10.1 Å². The van der Waals surface area contributed by atoms with E-state index in [4.69, 9.17) is 5.26 Å². The molecule has 0 bridgehead atoms. The van der Waals surface area contributed by atoms with E-state index < -0.39 is 27.6 Å². The lowest BCUT2D eigenvalue weighted by Crippen LogP contribution is -2.38. The molecule has 0 aliphatic carbocycles. The van der Waals surface area contributed by atoms with Gasteiger partial charge in [0.2, 0.25) is 0 Å². The number of hydrogen-bond donors (Lipinski definition) is 0. The maximum atomic E-state index is 14.4. The first-order valence-electron chi connectivity index (χ1n) is 6.90. The van der Waals surface area contributed by atoms with E-state index in [1.807, 2.05) is 0 Å². The molecule has 0 spiro atoms. The molecular weight excluding hydrogens is 421 g/mol. The molecule has 2 aliphatic heterocycles. The fourth-order valence-corrected chi connectivity index (χ4v) is 6.99. The Kier molecular flexibility index (Phi) is 4.68. The number of hydrogen-bond acceptors (Lipinski definition) is 5. The van der Waals surface area contributed by atoms with Gasteiger partial charge in [-0.1, -0.05) is 27.7 Å². The minimum absolute atomic E-state index is 0.0392. The number of benzene rings is 1. The molecule has 0 aromatic heterocycles. The average Bonchev–Trinajstić information content (AvgIpc) is 2.91.